The van der Waals surface area contributed by atoms with Gasteiger partial charge in [0, 0.05) is 39.2 Å². The Hall–Kier alpha value is -4.44. The maximum absolute atomic E-state index is 14.2. The Morgan fingerprint density at radius 1 is 1.09 bits per heavy atom. The van der Waals surface area contributed by atoms with Gasteiger partial charge in [-0.15, -0.1) is 0 Å². The molecule has 3 aromatic carbocycles. The van der Waals surface area contributed by atoms with Crippen LogP contribution in [0.1, 0.15) is 38.7 Å². The van der Waals surface area contributed by atoms with Gasteiger partial charge in [-0.05, 0) is 42.5 Å². The number of amides is 3. The van der Waals surface area contributed by atoms with Crippen molar-refractivity contribution in [2.24, 2.45) is 0 Å². The molecule has 0 saturated carbocycles. The van der Waals surface area contributed by atoms with Crippen LogP contribution < -0.4 is 20.9 Å². The van der Waals surface area contributed by atoms with Gasteiger partial charge >= 0.3 is 18.4 Å². The highest BCUT2D eigenvalue weighted by atomic mass is 35.5. The van der Waals surface area contributed by atoms with Gasteiger partial charge in [-0.3, -0.25) is 9.69 Å². The van der Waals surface area contributed by atoms with Crippen LogP contribution in [0, 0.1) is 17.0 Å². The van der Waals surface area contributed by atoms with Gasteiger partial charge < -0.3 is 26.5 Å². The standard InChI is InChI=1S/C27H18ClF8N5O3/c28-16-3-1-11(29)5-13(16)22-21-18(7-17(38-9-26(31,32)33)14(8-37)20(21)23(42)40-22)39-24(43)41-10-25(44,27(34,35)36)15-6-12(30)2-4-19(15)41/h1-8,22,37-38,44H,9-10H2,(H,39,43)(H,40,42)/t22?,25-/m0/s1. The Morgan fingerprint density at radius 2 is 1.75 bits per heavy atom. The molecule has 0 aliphatic carbocycles. The average Bonchev–Trinajstić information content (AvgIpc) is 3.43. The second kappa shape index (κ2) is 10.6. The lowest BCUT2D eigenvalue weighted by Crippen LogP contribution is -2.48. The number of carbonyl (C=O) groups excluding carboxylic acids is 2. The van der Waals surface area contributed by atoms with Gasteiger partial charge in [0.2, 0.25) is 5.60 Å². The number of urea groups is 1. The molecule has 44 heavy (non-hydrogen) atoms. The molecule has 5 N–H and O–H groups in total. The number of nitrogens with zero attached hydrogens (tertiary/aromatic N) is 1. The smallest absolute Gasteiger partial charge is 0.376 e. The summed E-state index contributed by atoms with van der Waals surface area (Å²) >= 11 is 6.24. The summed E-state index contributed by atoms with van der Waals surface area (Å²) < 4.78 is 109. The predicted molar refractivity (Wildman–Crippen MR) is 142 cm³/mol. The van der Waals surface area contributed by atoms with Gasteiger partial charge in [0.15, 0.2) is 0 Å². The van der Waals surface area contributed by atoms with Crippen molar-refractivity contribution in [3.05, 3.63) is 86.9 Å². The van der Waals surface area contributed by atoms with Gasteiger partial charge in [-0.1, -0.05) is 11.6 Å². The third-order valence-corrected chi connectivity index (χ3v) is 7.47. The number of rotatable bonds is 5. The van der Waals surface area contributed by atoms with Crippen LogP contribution in [0.3, 0.4) is 0 Å². The SMILES string of the molecule is N=Cc1c(NCC(F)(F)F)cc(NC(=O)N2C[C@@](O)(C(F)(F)F)c3cc(F)ccc32)c2c1C(=O)NC2c1cc(F)ccc1Cl. The molecular weight excluding hydrogens is 630 g/mol. The summed E-state index contributed by atoms with van der Waals surface area (Å²) in [5, 5.41) is 25.0. The van der Waals surface area contributed by atoms with Crippen LogP contribution in [-0.2, 0) is 5.60 Å². The Balaban J connectivity index is 1.66. The average molecular weight is 648 g/mol. The van der Waals surface area contributed by atoms with Crippen LogP contribution in [0.15, 0.2) is 42.5 Å². The molecule has 2 aliphatic heterocycles. The first-order valence-electron chi connectivity index (χ1n) is 12.4. The van der Waals surface area contributed by atoms with Gasteiger partial charge in [0.25, 0.3) is 5.91 Å². The lowest BCUT2D eigenvalue weighted by Gasteiger charge is -2.27. The molecule has 3 amide bonds. The molecule has 5 rings (SSSR count). The highest BCUT2D eigenvalue weighted by molar-refractivity contribution is 6.31. The molecule has 8 nitrogen and oxygen atoms in total. The van der Waals surface area contributed by atoms with Gasteiger partial charge in [-0.2, -0.15) is 26.3 Å². The number of alkyl halides is 6. The minimum Gasteiger partial charge on any atom is -0.376 e. The molecule has 232 valence electrons. The van der Waals surface area contributed by atoms with E-state index >= 15 is 0 Å². The number of fused-ring (bicyclic) bond motifs is 2. The quantitative estimate of drug-likeness (QED) is 0.167. The third-order valence-electron chi connectivity index (χ3n) is 7.13. The number of benzene rings is 3. The van der Waals surface area contributed by atoms with Crippen molar-refractivity contribution in [2.45, 2.75) is 24.0 Å². The third kappa shape index (κ3) is 5.27. The largest absolute Gasteiger partial charge is 0.423 e. The van der Waals surface area contributed by atoms with Crippen LogP contribution in [0.5, 0.6) is 0 Å². The highest BCUT2D eigenvalue weighted by Gasteiger charge is 2.61. The van der Waals surface area contributed by atoms with E-state index in [9.17, 15) is 49.8 Å². The van der Waals surface area contributed by atoms with Crippen LogP contribution in [0.25, 0.3) is 0 Å². The number of hydrogen-bond donors (Lipinski definition) is 5. The molecule has 0 fully saturated rings. The summed E-state index contributed by atoms with van der Waals surface area (Å²) in [6, 6.07) is 3.33. The number of halogens is 9. The van der Waals surface area contributed by atoms with E-state index in [2.05, 4.69) is 10.6 Å². The fraction of sp³-hybridized carbons (Fsp3) is 0.222. The molecule has 0 saturated heterocycles. The van der Waals surface area contributed by atoms with Gasteiger partial charge in [0.1, 0.15) is 18.2 Å². The Labute approximate surface area is 247 Å². The van der Waals surface area contributed by atoms with E-state index in [1.54, 1.807) is 0 Å². The van der Waals surface area contributed by atoms with Gasteiger partial charge in [0.05, 0.1) is 29.5 Å². The number of anilines is 3. The fourth-order valence-corrected chi connectivity index (χ4v) is 5.41. The van der Waals surface area contributed by atoms with Crippen molar-refractivity contribution in [3.63, 3.8) is 0 Å². The van der Waals surface area contributed by atoms with E-state index in [0.717, 1.165) is 36.4 Å². The Bertz CT molecular complexity index is 1710. The number of nitrogens with one attached hydrogen (secondary N) is 4. The number of aliphatic hydroxyl groups is 1. The predicted octanol–water partition coefficient (Wildman–Crippen LogP) is 6.22. The Kier molecular flexibility index (Phi) is 7.48. The number of carbonyl (C=O) groups is 2. The van der Waals surface area contributed by atoms with Crippen LogP contribution in [0.2, 0.25) is 5.02 Å². The van der Waals surface area contributed by atoms with E-state index in [4.69, 9.17) is 17.0 Å². The van der Waals surface area contributed by atoms with Crippen LogP contribution in [0.4, 0.5) is 57.0 Å². The van der Waals surface area contributed by atoms with E-state index in [0.29, 0.717) is 17.2 Å². The maximum atomic E-state index is 14.2. The highest BCUT2D eigenvalue weighted by Crippen LogP contribution is 2.49. The number of β-amino-alcohol motifs (C(OH)–C–C–N with tert-alkyl or cyclic N) is 1. The minimum atomic E-state index is -5.36. The summed E-state index contributed by atoms with van der Waals surface area (Å²) in [6.07, 6.45) is -9.55. The Morgan fingerprint density at radius 3 is 2.39 bits per heavy atom. The molecule has 2 heterocycles. The van der Waals surface area contributed by atoms with Gasteiger partial charge in [-0.25, -0.2) is 13.6 Å². The number of hydrogen-bond acceptors (Lipinski definition) is 5. The first kappa shape index (κ1) is 31.0. The molecule has 0 spiro atoms. The summed E-state index contributed by atoms with van der Waals surface area (Å²) in [6.45, 7) is -3.05. The monoisotopic (exact) mass is 647 g/mol. The van der Waals surface area contributed by atoms with Crippen molar-refractivity contribution in [1.82, 2.24) is 5.32 Å². The molecule has 0 bridgehead atoms. The van der Waals surface area contributed by atoms with Crippen molar-refractivity contribution in [1.29, 1.82) is 5.41 Å². The lowest BCUT2D eigenvalue weighted by molar-refractivity contribution is -0.258. The molecule has 17 heteroatoms. The minimum absolute atomic E-state index is 0.0466. The zero-order valence-corrected chi connectivity index (χ0v) is 22.5. The summed E-state index contributed by atoms with van der Waals surface area (Å²) in [5.74, 6) is -2.86. The topological polar surface area (TPSA) is 118 Å². The van der Waals surface area contributed by atoms with Crippen LogP contribution >= 0.6 is 11.6 Å². The van der Waals surface area contributed by atoms with Crippen molar-refractivity contribution >= 4 is 46.8 Å². The molecule has 0 aromatic heterocycles. The zero-order chi connectivity index (χ0) is 32.4. The molecule has 2 aliphatic rings. The van der Waals surface area contributed by atoms with Crippen molar-refractivity contribution < 1.29 is 49.8 Å². The van der Waals surface area contributed by atoms with E-state index < -0.39 is 88.8 Å². The van der Waals surface area contributed by atoms with E-state index in [1.165, 1.54) is 0 Å². The molecule has 1 unspecified atom stereocenters. The van der Waals surface area contributed by atoms with E-state index in [1.807, 2.05) is 5.32 Å². The van der Waals surface area contributed by atoms with Crippen molar-refractivity contribution in [3.8, 4) is 0 Å². The normalized spacial score (nSPS) is 19.4. The van der Waals surface area contributed by atoms with Crippen LogP contribution in [-0.4, -0.2) is 48.7 Å². The second-order valence-corrected chi connectivity index (χ2v) is 10.3. The first-order chi connectivity index (χ1) is 20.4. The maximum Gasteiger partial charge on any atom is 0.423 e. The summed E-state index contributed by atoms with van der Waals surface area (Å²) in [7, 11) is 0. The van der Waals surface area contributed by atoms with Crippen molar-refractivity contribution in [2.75, 3.05) is 28.6 Å². The molecule has 3 aromatic rings. The molecule has 2 atom stereocenters. The molecule has 0 radical (unpaired) electrons. The second-order valence-electron chi connectivity index (χ2n) is 9.90. The fourth-order valence-electron chi connectivity index (χ4n) is 5.18. The first-order valence-corrected chi connectivity index (χ1v) is 12.8. The summed E-state index contributed by atoms with van der Waals surface area (Å²) in [4.78, 5) is 27.1. The zero-order valence-electron chi connectivity index (χ0n) is 21.7. The summed E-state index contributed by atoms with van der Waals surface area (Å²) in [5.41, 5.74) is -7.01. The molecular formula is C27H18ClF8N5O3. The lowest BCUT2D eigenvalue weighted by atomic mass is 9.92. The van der Waals surface area contributed by atoms with E-state index in [-0.39, 0.29) is 21.7 Å².